The summed E-state index contributed by atoms with van der Waals surface area (Å²) in [6.07, 6.45) is 3.62. The average Bonchev–Trinajstić information content (AvgIpc) is 3.76. The fraction of sp³-hybridized carbons (Fsp3) is 0.321. The smallest absolute Gasteiger partial charge is 0.227 e. The van der Waals surface area contributed by atoms with E-state index >= 15 is 0 Å². The molecule has 1 amide bonds. The van der Waals surface area contributed by atoms with E-state index in [1.54, 1.807) is 44.9 Å². The van der Waals surface area contributed by atoms with Crippen LogP contribution in [0.5, 0.6) is 11.5 Å². The van der Waals surface area contributed by atoms with Crippen LogP contribution in [0.25, 0.3) is 10.9 Å². The number of fused-ring (bicyclic) bond motifs is 1. The maximum atomic E-state index is 12.1. The van der Waals surface area contributed by atoms with E-state index in [1.165, 1.54) is 0 Å². The van der Waals surface area contributed by atoms with Gasteiger partial charge in [-0.25, -0.2) is 13.5 Å². The third kappa shape index (κ3) is 8.01. The molecule has 0 radical (unpaired) electrons. The highest BCUT2D eigenvalue weighted by atomic mass is 32.2. The van der Waals surface area contributed by atoms with Gasteiger partial charge in [-0.15, -0.1) is 0 Å². The fourth-order valence-electron chi connectivity index (χ4n) is 3.42. The molecule has 2 aromatic carbocycles. The summed E-state index contributed by atoms with van der Waals surface area (Å²) >= 11 is 0. The van der Waals surface area contributed by atoms with Crippen LogP contribution in [0, 0.1) is 5.92 Å². The van der Waals surface area contributed by atoms with Gasteiger partial charge in [-0.3, -0.25) is 9.89 Å². The molecule has 1 aliphatic carbocycles. The Bertz CT molecular complexity index is 1390. The molecule has 3 N–H and O–H groups in total. The molecule has 1 aliphatic rings. The highest BCUT2D eigenvalue weighted by molar-refractivity contribution is 7.82. The van der Waals surface area contributed by atoms with Gasteiger partial charge in [0.2, 0.25) is 5.91 Å². The summed E-state index contributed by atoms with van der Waals surface area (Å²) in [5, 5.41) is 14.2. The predicted molar refractivity (Wildman–Crippen MR) is 156 cm³/mol. The van der Waals surface area contributed by atoms with Crippen LogP contribution in [-0.4, -0.2) is 57.9 Å². The summed E-state index contributed by atoms with van der Waals surface area (Å²) in [6.45, 7) is 4.00. The van der Waals surface area contributed by atoms with Crippen LogP contribution in [0.2, 0.25) is 0 Å². The quantitative estimate of drug-likeness (QED) is 0.269. The highest BCUT2D eigenvalue weighted by Crippen LogP contribution is 2.31. The van der Waals surface area contributed by atoms with Gasteiger partial charge in [0, 0.05) is 29.3 Å². The summed E-state index contributed by atoms with van der Waals surface area (Å²) in [5.74, 6) is 2.86. The van der Waals surface area contributed by atoms with Crippen LogP contribution in [-0.2, 0) is 15.8 Å². The fourth-order valence-corrected chi connectivity index (χ4v) is 4.19. The maximum Gasteiger partial charge on any atom is 0.227 e. The van der Waals surface area contributed by atoms with Crippen LogP contribution in [0.1, 0.15) is 26.7 Å². The number of carbonyl (C=O) groups excluding carboxylic acids is 1. The predicted octanol–water partition coefficient (Wildman–Crippen LogP) is 5.36. The Labute approximate surface area is 231 Å². The number of rotatable bonds is 8. The second-order valence-electron chi connectivity index (χ2n) is 8.52. The molecule has 1 fully saturated rings. The number of hydrogen-bond acceptors (Lipinski definition) is 7. The number of ether oxygens (including phenoxy) is 2. The van der Waals surface area contributed by atoms with Crippen molar-refractivity contribution in [2.75, 3.05) is 38.9 Å². The van der Waals surface area contributed by atoms with E-state index < -0.39 is 11.0 Å². The molecule has 208 valence electrons. The molecule has 0 bridgehead atoms. The Hall–Kier alpha value is -3.96. The van der Waals surface area contributed by atoms with Crippen molar-refractivity contribution in [2.24, 2.45) is 5.92 Å². The van der Waals surface area contributed by atoms with Gasteiger partial charge >= 0.3 is 0 Å². The Kier molecular flexibility index (Phi) is 10.8. The normalized spacial score (nSPS) is 12.9. The van der Waals surface area contributed by atoms with Crippen molar-refractivity contribution in [2.45, 2.75) is 31.6 Å². The van der Waals surface area contributed by atoms with Gasteiger partial charge < -0.3 is 20.1 Å². The van der Waals surface area contributed by atoms with Crippen molar-refractivity contribution in [1.29, 1.82) is 0 Å². The SMILES string of the molecule is CC.COc1cc(S(=O)N(C)C)cnc1Nc1n[nH]c2ccccc12.COc1ccc(NC(=O)C2CC2)cc1. The number of para-hydroxylation sites is 1. The van der Waals surface area contributed by atoms with Crippen molar-refractivity contribution in [1.82, 2.24) is 19.5 Å². The van der Waals surface area contributed by atoms with Gasteiger partial charge in [-0.1, -0.05) is 26.0 Å². The summed E-state index contributed by atoms with van der Waals surface area (Å²) < 4.78 is 24.1. The molecule has 4 aromatic rings. The Balaban J connectivity index is 0.000000224. The average molecular weight is 553 g/mol. The Morgan fingerprint density at radius 2 is 1.72 bits per heavy atom. The number of aromatic amines is 1. The van der Waals surface area contributed by atoms with E-state index in [9.17, 15) is 9.00 Å². The molecule has 0 aliphatic heterocycles. The first kappa shape index (κ1) is 29.6. The lowest BCUT2D eigenvalue weighted by Crippen LogP contribution is -2.15. The minimum atomic E-state index is -1.27. The lowest BCUT2D eigenvalue weighted by atomic mass is 10.2. The topological polar surface area (TPSA) is 121 Å². The van der Waals surface area contributed by atoms with Crippen LogP contribution in [0.3, 0.4) is 0 Å². The molecular formula is C28H36N6O4S. The lowest BCUT2D eigenvalue weighted by molar-refractivity contribution is -0.117. The number of H-pyrrole nitrogens is 1. The first-order chi connectivity index (χ1) is 18.9. The van der Waals surface area contributed by atoms with Gasteiger partial charge in [0.15, 0.2) is 17.4 Å². The number of anilines is 3. The lowest BCUT2D eigenvalue weighted by Gasteiger charge is -2.12. The third-order valence-electron chi connectivity index (χ3n) is 5.59. The molecule has 1 unspecified atom stereocenters. The molecule has 2 aromatic heterocycles. The van der Waals surface area contributed by atoms with Gasteiger partial charge in [0.25, 0.3) is 0 Å². The number of hydrogen-bond donors (Lipinski definition) is 3. The zero-order chi connectivity index (χ0) is 28.4. The number of aromatic nitrogens is 3. The van der Waals surface area contributed by atoms with E-state index in [1.807, 2.05) is 62.4 Å². The van der Waals surface area contributed by atoms with Gasteiger partial charge in [0.1, 0.15) is 16.7 Å². The van der Waals surface area contributed by atoms with E-state index in [0.717, 1.165) is 35.2 Å². The van der Waals surface area contributed by atoms with Crippen molar-refractivity contribution < 1.29 is 18.5 Å². The van der Waals surface area contributed by atoms with Crippen molar-refractivity contribution in [3.8, 4) is 11.5 Å². The van der Waals surface area contributed by atoms with Gasteiger partial charge in [0.05, 0.1) is 24.6 Å². The number of nitrogens with one attached hydrogen (secondary N) is 3. The molecule has 11 heteroatoms. The van der Waals surface area contributed by atoms with E-state index in [-0.39, 0.29) is 11.8 Å². The zero-order valence-electron chi connectivity index (χ0n) is 23.1. The molecule has 1 atom stereocenters. The molecule has 1 saturated carbocycles. The maximum absolute atomic E-state index is 12.1. The molecule has 2 heterocycles. The van der Waals surface area contributed by atoms with Crippen molar-refractivity contribution in [3.63, 3.8) is 0 Å². The molecule has 5 rings (SSSR count). The Morgan fingerprint density at radius 3 is 2.33 bits per heavy atom. The summed E-state index contributed by atoms with van der Waals surface area (Å²) in [6, 6.07) is 16.9. The number of carbonyl (C=O) groups is 1. The van der Waals surface area contributed by atoms with Gasteiger partial charge in [-0.05, 0) is 63.3 Å². The van der Waals surface area contributed by atoms with Gasteiger partial charge in [-0.2, -0.15) is 5.10 Å². The number of pyridine rings is 1. The minimum absolute atomic E-state index is 0.134. The van der Waals surface area contributed by atoms with Crippen LogP contribution < -0.4 is 20.1 Å². The second-order valence-corrected chi connectivity index (χ2v) is 10.2. The number of methoxy groups -OCH3 is 2. The summed E-state index contributed by atoms with van der Waals surface area (Å²) in [7, 11) is 5.38. The highest BCUT2D eigenvalue weighted by Gasteiger charge is 2.29. The van der Waals surface area contributed by atoms with Crippen LogP contribution >= 0.6 is 0 Å². The molecule has 0 spiro atoms. The van der Waals surface area contributed by atoms with Crippen molar-refractivity contribution >= 4 is 45.1 Å². The first-order valence-electron chi connectivity index (χ1n) is 12.7. The molecule has 39 heavy (non-hydrogen) atoms. The molecule has 0 saturated heterocycles. The third-order valence-corrected chi connectivity index (χ3v) is 6.88. The van der Waals surface area contributed by atoms with Crippen LogP contribution in [0.4, 0.5) is 17.3 Å². The van der Waals surface area contributed by atoms with E-state index in [2.05, 4.69) is 25.8 Å². The van der Waals surface area contributed by atoms with Crippen molar-refractivity contribution in [3.05, 3.63) is 60.8 Å². The second kappa shape index (κ2) is 14.3. The van der Waals surface area contributed by atoms with E-state index in [0.29, 0.717) is 22.3 Å². The molecular weight excluding hydrogens is 516 g/mol. The number of benzene rings is 2. The van der Waals surface area contributed by atoms with E-state index in [4.69, 9.17) is 9.47 Å². The summed E-state index contributed by atoms with van der Waals surface area (Å²) in [5.41, 5.74) is 1.77. The largest absolute Gasteiger partial charge is 0.497 e. The Morgan fingerprint density at radius 1 is 1.03 bits per heavy atom. The van der Waals surface area contributed by atoms with Crippen LogP contribution in [0.15, 0.2) is 65.7 Å². The number of amides is 1. The summed E-state index contributed by atoms with van der Waals surface area (Å²) in [4.78, 5) is 16.3. The molecule has 10 nitrogen and oxygen atoms in total. The standard InChI is InChI=1S/C15H17N5O2S.C11H13NO2.C2H6/c1-20(2)23(21)10-8-13(22-3)15(16-9-10)17-14-11-6-4-5-7-12(11)18-19-14;1-14-10-6-4-9(5-7-10)12-11(13)8-2-3-8;1-2/h4-9H,1-3H3,(H2,16,17,18,19);4-8H,2-3H2,1H3,(H,12,13);1-2H3. The zero-order valence-corrected chi connectivity index (χ0v) is 24.0. The number of nitrogens with zero attached hydrogens (tertiary/aromatic N) is 3. The monoisotopic (exact) mass is 552 g/mol. The first-order valence-corrected chi connectivity index (χ1v) is 13.8. The minimum Gasteiger partial charge on any atom is -0.497 e.